The van der Waals surface area contributed by atoms with Gasteiger partial charge < -0.3 is 19.9 Å². The van der Waals surface area contributed by atoms with Crippen LogP contribution in [0.25, 0.3) is 0 Å². The van der Waals surface area contributed by atoms with Crippen molar-refractivity contribution in [1.82, 2.24) is 19.6 Å². The summed E-state index contributed by atoms with van der Waals surface area (Å²) in [5, 5.41) is 7.77. The highest BCUT2D eigenvalue weighted by Crippen LogP contribution is 2.27. The van der Waals surface area contributed by atoms with Crippen LogP contribution in [0.3, 0.4) is 0 Å². The maximum absolute atomic E-state index is 13.4. The number of amides is 1. The van der Waals surface area contributed by atoms with E-state index in [1.807, 2.05) is 93.9 Å². The van der Waals surface area contributed by atoms with Crippen molar-refractivity contribution in [2.24, 2.45) is 18.9 Å². The number of hydrogen-bond donors (Lipinski definition) is 1. The molecule has 7 heteroatoms. The van der Waals surface area contributed by atoms with Gasteiger partial charge in [-0.15, -0.1) is 0 Å². The number of likely N-dealkylation sites (tertiary alicyclic amines) is 1. The van der Waals surface area contributed by atoms with Crippen molar-refractivity contribution in [3.63, 3.8) is 0 Å². The Balaban J connectivity index is 0.000000836. The molecule has 7 nitrogen and oxygen atoms in total. The molecule has 4 rings (SSSR count). The van der Waals surface area contributed by atoms with E-state index in [2.05, 4.69) is 35.7 Å². The fourth-order valence-corrected chi connectivity index (χ4v) is 5.52. The van der Waals surface area contributed by atoms with E-state index in [1.54, 1.807) is 6.08 Å². The predicted octanol–water partition coefficient (Wildman–Crippen LogP) is 8.00. The van der Waals surface area contributed by atoms with Gasteiger partial charge in [-0.25, -0.2) is 0 Å². The first-order chi connectivity index (χ1) is 20.7. The van der Waals surface area contributed by atoms with E-state index in [4.69, 9.17) is 4.74 Å². The van der Waals surface area contributed by atoms with Crippen LogP contribution in [-0.2, 0) is 13.6 Å². The molecule has 1 aromatic heterocycles. The average Bonchev–Trinajstić information content (AvgIpc) is 3.22. The second-order valence-corrected chi connectivity index (χ2v) is 11.6. The Morgan fingerprint density at radius 1 is 1.19 bits per heavy atom. The van der Waals surface area contributed by atoms with Gasteiger partial charge in [-0.2, -0.15) is 5.10 Å². The van der Waals surface area contributed by atoms with Crippen LogP contribution in [0.4, 0.5) is 5.82 Å². The minimum atomic E-state index is 0.0197. The lowest BCUT2D eigenvalue weighted by molar-refractivity contribution is 0.0761. The summed E-state index contributed by atoms with van der Waals surface area (Å²) >= 11 is 0. The highest BCUT2D eigenvalue weighted by atomic mass is 16.5. The number of fused-ring (bicyclic) bond motifs is 1. The number of carbonyl (C=O) groups excluding carboxylic acids is 1. The molecular weight excluding hydrogens is 534 g/mol. The number of nitrogens with one attached hydrogen (secondary N) is 1. The monoisotopic (exact) mass is 591 g/mol. The number of benzene rings is 1. The summed E-state index contributed by atoms with van der Waals surface area (Å²) < 4.78 is 7.94. The van der Waals surface area contributed by atoms with Crippen molar-refractivity contribution in [3.05, 3.63) is 77.7 Å². The van der Waals surface area contributed by atoms with Crippen LogP contribution < -0.4 is 10.1 Å². The molecule has 1 amide bonds. The fourth-order valence-electron chi connectivity index (χ4n) is 5.52. The Morgan fingerprint density at radius 3 is 2.49 bits per heavy atom. The summed E-state index contributed by atoms with van der Waals surface area (Å²) in [7, 11) is 1.91. The minimum absolute atomic E-state index is 0.0197. The van der Waals surface area contributed by atoms with Gasteiger partial charge in [-0.1, -0.05) is 58.6 Å². The molecule has 3 heterocycles. The number of carbonyl (C=O) groups is 1. The molecule has 0 aliphatic carbocycles. The van der Waals surface area contributed by atoms with E-state index in [1.165, 1.54) is 38.9 Å². The molecule has 238 valence electrons. The van der Waals surface area contributed by atoms with Gasteiger partial charge >= 0.3 is 0 Å². The van der Waals surface area contributed by atoms with Crippen molar-refractivity contribution in [2.75, 3.05) is 38.1 Å². The maximum Gasteiger partial charge on any atom is 0.254 e. The predicted molar refractivity (Wildman–Crippen MR) is 182 cm³/mol. The lowest BCUT2D eigenvalue weighted by Crippen LogP contribution is -2.36. The molecule has 1 N–H and O–H groups in total. The highest BCUT2D eigenvalue weighted by molar-refractivity contribution is 5.95. The van der Waals surface area contributed by atoms with Crippen LogP contribution in [0, 0.1) is 18.8 Å². The van der Waals surface area contributed by atoms with Gasteiger partial charge in [0.15, 0.2) is 0 Å². The molecule has 0 bridgehead atoms. The first-order valence-corrected chi connectivity index (χ1v) is 16.2. The van der Waals surface area contributed by atoms with Crippen LogP contribution in [0.1, 0.15) is 88.7 Å². The fraction of sp³-hybridized carbons (Fsp3) is 0.556. The average molecular weight is 592 g/mol. The first kappa shape index (κ1) is 35.9. The van der Waals surface area contributed by atoms with Crippen molar-refractivity contribution in [3.8, 4) is 5.75 Å². The van der Waals surface area contributed by atoms with E-state index < -0.39 is 0 Å². The normalized spacial score (nSPS) is 16.5. The van der Waals surface area contributed by atoms with Crippen LogP contribution in [0.5, 0.6) is 5.75 Å². The Morgan fingerprint density at radius 2 is 1.91 bits per heavy atom. The van der Waals surface area contributed by atoms with E-state index >= 15 is 0 Å². The SMILES string of the molecule is C/C=C1\CN(C(=O)c2ccc(OCCCC3CCN(CC(C)C)CC3)c(C)c2)Cc2cnn(C)c2N1.C=C/C=C/C.CC. The maximum atomic E-state index is 13.4. The Kier molecular flexibility index (Phi) is 15.9. The second-order valence-electron chi connectivity index (χ2n) is 11.6. The number of nitrogens with zero attached hydrogens (tertiary/aromatic N) is 4. The van der Waals surface area contributed by atoms with E-state index in [9.17, 15) is 4.79 Å². The van der Waals surface area contributed by atoms with Crippen molar-refractivity contribution >= 4 is 11.7 Å². The van der Waals surface area contributed by atoms with Gasteiger partial charge in [-0.05, 0) is 95.1 Å². The number of piperidine rings is 1. The van der Waals surface area contributed by atoms with Gasteiger partial charge in [0.2, 0.25) is 0 Å². The molecule has 2 aliphatic heterocycles. The van der Waals surface area contributed by atoms with Crippen molar-refractivity contribution < 1.29 is 9.53 Å². The zero-order valence-electron chi connectivity index (χ0n) is 28.2. The van der Waals surface area contributed by atoms with Crippen LogP contribution >= 0.6 is 0 Å². The Bertz CT molecular complexity index is 1190. The Labute approximate surface area is 261 Å². The van der Waals surface area contributed by atoms with Gasteiger partial charge in [-0.3, -0.25) is 9.48 Å². The molecule has 2 aliphatic rings. The lowest BCUT2D eigenvalue weighted by atomic mass is 9.92. The summed E-state index contributed by atoms with van der Waals surface area (Å²) in [4.78, 5) is 17.9. The number of hydrogen-bond acceptors (Lipinski definition) is 5. The quantitative estimate of drug-likeness (QED) is 0.236. The first-order valence-electron chi connectivity index (χ1n) is 16.2. The molecule has 1 fully saturated rings. The molecule has 1 saturated heterocycles. The van der Waals surface area contributed by atoms with Crippen LogP contribution in [0.2, 0.25) is 0 Å². The van der Waals surface area contributed by atoms with Gasteiger partial charge in [0.25, 0.3) is 5.91 Å². The van der Waals surface area contributed by atoms with Gasteiger partial charge in [0.05, 0.1) is 25.9 Å². The highest BCUT2D eigenvalue weighted by Gasteiger charge is 2.25. The summed E-state index contributed by atoms with van der Waals surface area (Å²) in [6.07, 6.45) is 14.4. The van der Waals surface area contributed by atoms with Crippen molar-refractivity contribution in [2.45, 2.75) is 80.7 Å². The van der Waals surface area contributed by atoms with E-state index in [0.717, 1.165) is 53.3 Å². The lowest BCUT2D eigenvalue weighted by Gasteiger charge is -2.33. The number of anilines is 1. The number of rotatable bonds is 9. The summed E-state index contributed by atoms with van der Waals surface area (Å²) in [6, 6.07) is 5.81. The van der Waals surface area contributed by atoms with Gasteiger partial charge in [0, 0.05) is 30.4 Å². The third-order valence-corrected chi connectivity index (χ3v) is 7.75. The van der Waals surface area contributed by atoms with E-state index in [0.29, 0.717) is 18.7 Å². The number of allylic oxidation sites excluding steroid dienone is 4. The molecule has 1 aromatic carbocycles. The Hall–Kier alpha value is -3.32. The molecule has 2 aromatic rings. The van der Waals surface area contributed by atoms with Gasteiger partial charge in [0.1, 0.15) is 11.6 Å². The minimum Gasteiger partial charge on any atom is -0.493 e. The molecule has 0 spiro atoms. The zero-order valence-corrected chi connectivity index (χ0v) is 28.2. The summed E-state index contributed by atoms with van der Waals surface area (Å²) in [5.41, 5.74) is 3.71. The molecule has 0 saturated carbocycles. The molecule has 43 heavy (non-hydrogen) atoms. The zero-order chi connectivity index (χ0) is 31.8. The largest absolute Gasteiger partial charge is 0.493 e. The number of aryl methyl sites for hydroxylation is 2. The molecular formula is C36H57N5O2. The second kappa shape index (κ2) is 19.1. The van der Waals surface area contributed by atoms with Crippen molar-refractivity contribution in [1.29, 1.82) is 0 Å². The topological polar surface area (TPSA) is 62.6 Å². The molecule has 0 atom stereocenters. The standard InChI is InChI=1S/C29H43N5O2.C5H8.C2H6/c1-6-26-20-34(19-25-17-30-32(5)28(25)31-26)29(35)24-9-10-27(22(4)16-24)36-15-7-8-23-11-13-33(14-12-23)18-21(2)3;1-3-5-4-2;1-2/h6,9-10,16-17,21,23,31H,7-8,11-15,18-20H2,1-5H3;3-5H,1H2,2H3;1-2H3/b26-6+;5-4+;. The smallest absolute Gasteiger partial charge is 0.254 e. The van der Waals surface area contributed by atoms with Crippen LogP contribution in [0.15, 0.2) is 61.0 Å². The summed E-state index contributed by atoms with van der Waals surface area (Å²) in [5.74, 6) is 3.41. The third kappa shape index (κ3) is 11.4. The number of aromatic nitrogens is 2. The summed E-state index contributed by atoms with van der Waals surface area (Å²) in [6.45, 7) is 23.5. The van der Waals surface area contributed by atoms with Crippen LogP contribution in [-0.4, -0.2) is 58.3 Å². The van der Waals surface area contributed by atoms with E-state index in [-0.39, 0.29) is 5.91 Å². The third-order valence-electron chi connectivity index (χ3n) is 7.75. The molecule has 0 unspecified atom stereocenters. The number of ether oxygens (including phenoxy) is 1. The molecule has 0 radical (unpaired) electrons.